The zero-order valence-electron chi connectivity index (χ0n) is 20.3. The van der Waals surface area contributed by atoms with Gasteiger partial charge in [0.15, 0.2) is 6.29 Å². The summed E-state index contributed by atoms with van der Waals surface area (Å²) in [6, 6.07) is 19.4. The number of allylic oxidation sites excluding steroid dienone is 1. The summed E-state index contributed by atoms with van der Waals surface area (Å²) in [7, 11) is 1.97. The first kappa shape index (κ1) is 24.2. The molecule has 2 aromatic rings. The van der Waals surface area contributed by atoms with Crippen LogP contribution in [0.3, 0.4) is 0 Å². The van der Waals surface area contributed by atoms with Crippen molar-refractivity contribution < 1.29 is 15.6 Å². The van der Waals surface area contributed by atoms with Crippen LogP contribution >= 0.6 is 0 Å². The molecule has 2 aromatic carbocycles. The van der Waals surface area contributed by atoms with Crippen molar-refractivity contribution >= 4 is 0 Å². The lowest BCUT2D eigenvalue weighted by atomic mass is 10.0. The van der Waals surface area contributed by atoms with Gasteiger partial charge in [0, 0.05) is 7.47 Å². The number of hydrogen-bond donors (Lipinski definition) is 1. The summed E-state index contributed by atoms with van der Waals surface area (Å²) in [5.41, 5.74) is 5.16. The molecule has 0 spiro atoms. The second-order valence-corrected chi connectivity index (χ2v) is 9.67. The smallest absolute Gasteiger partial charge is 0.158 e. The lowest BCUT2D eigenvalue weighted by Gasteiger charge is -2.34. The summed E-state index contributed by atoms with van der Waals surface area (Å²) in [6.45, 7) is 9.75. The molecule has 0 aromatic heterocycles. The summed E-state index contributed by atoms with van der Waals surface area (Å²) in [5.74, 6) is 1.35. The molecule has 0 radical (unpaired) electrons. The third kappa shape index (κ3) is 6.54. The van der Waals surface area contributed by atoms with E-state index in [-0.39, 0.29) is 26.0 Å². The Hall–Kier alpha value is -1.98. The molecule has 2 fully saturated rings. The number of ether oxygens (including phenoxy) is 3. The summed E-state index contributed by atoms with van der Waals surface area (Å²) in [5, 5.41) is 3.33. The maximum atomic E-state index is 6.44. The van der Waals surface area contributed by atoms with Gasteiger partial charge in [0.25, 0.3) is 0 Å². The van der Waals surface area contributed by atoms with Crippen molar-refractivity contribution in [3.05, 3.63) is 83.4 Å². The molecule has 6 atom stereocenters. The van der Waals surface area contributed by atoms with Crippen LogP contribution in [0.15, 0.2) is 66.7 Å². The Balaban J connectivity index is 0.00000324. The van der Waals surface area contributed by atoms with Gasteiger partial charge in [-0.2, -0.15) is 0 Å². The van der Waals surface area contributed by atoms with Gasteiger partial charge in [-0.05, 0) is 68.2 Å². The third-order valence-corrected chi connectivity index (χ3v) is 7.25. The third-order valence-electron chi connectivity index (χ3n) is 7.25. The first-order chi connectivity index (χ1) is 16.0. The molecule has 4 heteroatoms. The summed E-state index contributed by atoms with van der Waals surface area (Å²) >= 11 is 0. The van der Waals surface area contributed by atoms with Crippen LogP contribution in [0.25, 0.3) is 0 Å². The fraction of sp³-hybridized carbons (Fsp3) is 0.517. The van der Waals surface area contributed by atoms with E-state index in [0.29, 0.717) is 25.0 Å². The molecule has 0 amide bonds. The van der Waals surface area contributed by atoms with E-state index in [4.69, 9.17) is 14.2 Å². The van der Waals surface area contributed by atoms with Crippen LogP contribution in [0.5, 0.6) is 0 Å². The van der Waals surface area contributed by atoms with Crippen molar-refractivity contribution in [1.82, 2.24) is 5.32 Å². The van der Waals surface area contributed by atoms with E-state index in [1.165, 1.54) is 22.3 Å². The zero-order valence-corrected chi connectivity index (χ0v) is 20.3. The predicted molar refractivity (Wildman–Crippen MR) is 135 cm³/mol. The minimum atomic E-state index is -0.202. The first-order valence-corrected chi connectivity index (χ1v) is 12.4. The highest BCUT2D eigenvalue weighted by Gasteiger charge is 2.37. The molecule has 0 bridgehead atoms. The maximum absolute atomic E-state index is 6.44. The summed E-state index contributed by atoms with van der Waals surface area (Å²) in [4.78, 5) is 0. The van der Waals surface area contributed by atoms with Gasteiger partial charge in [-0.25, -0.2) is 0 Å². The quantitative estimate of drug-likeness (QED) is 0.421. The largest absolute Gasteiger partial charge is 0.374 e. The van der Waals surface area contributed by atoms with Crippen molar-refractivity contribution in [3.63, 3.8) is 0 Å². The zero-order chi connectivity index (χ0) is 23.2. The van der Waals surface area contributed by atoms with Crippen LogP contribution in [0.1, 0.15) is 57.3 Å². The molecule has 180 valence electrons. The van der Waals surface area contributed by atoms with E-state index in [0.717, 1.165) is 25.7 Å². The molecule has 1 saturated carbocycles. The predicted octanol–water partition coefficient (Wildman–Crippen LogP) is 6.07. The van der Waals surface area contributed by atoms with E-state index in [1.807, 2.05) is 13.1 Å². The number of rotatable bonds is 11. The number of nitrogens with one attached hydrogen (secondary N) is 1. The molecule has 4 nitrogen and oxygen atoms in total. The summed E-state index contributed by atoms with van der Waals surface area (Å²) < 4.78 is 18.7. The van der Waals surface area contributed by atoms with Crippen molar-refractivity contribution in [3.8, 4) is 0 Å². The fourth-order valence-electron chi connectivity index (χ4n) is 4.71. The van der Waals surface area contributed by atoms with Gasteiger partial charge >= 0.3 is 0 Å². The summed E-state index contributed by atoms with van der Waals surface area (Å²) in [6.07, 6.45) is 3.96. The molecule has 2 aliphatic rings. The van der Waals surface area contributed by atoms with Gasteiger partial charge in [0.05, 0.1) is 19.3 Å². The topological polar surface area (TPSA) is 39.7 Å². The van der Waals surface area contributed by atoms with Crippen molar-refractivity contribution in [2.24, 2.45) is 11.8 Å². The lowest BCUT2D eigenvalue weighted by molar-refractivity contribution is -0.229. The van der Waals surface area contributed by atoms with E-state index in [9.17, 15) is 0 Å². The second kappa shape index (κ2) is 11.4. The van der Waals surface area contributed by atoms with Crippen LogP contribution in [0, 0.1) is 11.8 Å². The Labute approximate surface area is 200 Å². The van der Waals surface area contributed by atoms with E-state index in [1.54, 1.807) is 0 Å². The molecule has 33 heavy (non-hydrogen) atoms. The van der Waals surface area contributed by atoms with Crippen molar-refractivity contribution in [2.75, 3.05) is 13.7 Å². The number of hydrogen-bond acceptors (Lipinski definition) is 4. The molecule has 1 saturated heterocycles. The van der Waals surface area contributed by atoms with Gasteiger partial charge < -0.3 is 19.5 Å². The van der Waals surface area contributed by atoms with Crippen molar-refractivity contribution in [2.45, 2.75) is 70.7 Å². The van der Waals surface area contributed by atoms with Crippen LogP contribution in [-0.2, 0) is 27.2 Å². The molecule has 1 heterocycles. The normalized spacial score (nSPS) is 26.7. The average Bonchev–Trinajstić information content (AvgIpc) is 3.42. The van der Waals surface area contributed by atoms with E-state index in [2.05, 4.69) is 74.3 Å². The van der Waals surface area contributed by atoms with Gasteiger partial charge in [0.1, 0.15) is 6.10 Å². The highest BCUT2D eigenvalue weighted by Crippen LogP contribution is 2.45. The van der Waals surface area contributed by atoms with E-state index >= 15 is 0 Å². The van der Waals surface area contributed by atoms with Crippen molar-refractivity contribution in [1.29, 1.82) is 0 Å². The molecule has 1 aliphatic carbocycles. The molecule has 4 rings (SSSR count). The molecule has 2 unspecified atom stereocenters. The van der Waals surface area contributed by atoms with Gasteiger partial charge in [0.2, 0.25) is 0 Å². The number of likely N-dealkylation sites (N-methyl/N-ethyl adjacent to an activating group) is 1. The average molecular weight is 452 g/mol. The van der Waals surface area contributed by atoms with Crippen LogP contribution in [0.2, 0.25) is 0 Å². The monoisotopic (exact) mass is 451 g/mol. The van der Waals surface area contributed by atoms with Crippen LogP contribution in [-0.4, -0.2) is 32.1 Å². The Kier molecular flexibility index (Phi) is 8.37. The highest BCUT2D eigenvalue weighted by atomic mass is 16.7. The maximum Gasteiger partial charge on any atom is 0.158 e. The Morgan fingerprint density at radius 3 is 2.45 bits per heavy atom. The SMILES string of the molecule is C=C1[C@H](C)[C@H]1Cc1ccc(COCC2CCCC(O[C@@H](c3ccccc3)[C@@H](C)NC)O2)cc1.[HH]. The van der Waals surface area contributed by atoms with Gasteiger partial charge in [-0.1, -0.05) is 73.7 Å². The first-order valence-electron chi connectivity index (χ1n) is 12.4. The Morgan fingerprint density at radius 2 is 1.79 bits per heavy atom. The molecule has 1 aliphatic heterocycles. The Bertz CT molecular complexity index is 888. The van der Waals surface area contributed by atoms with Crippen LogP contribution < -0.4 is 5.32 Å². The highest BCUT2D eigenvalue weighted by molar-refractivity contribution is 5.30. The minimum Gasteiger partial charge on any atom is -0.374 e. The Morgan fingerprint density at radius 1 is 1.09 bits per heavy atom. The van der Waals surface area contributed by atoms with E-state index < -0.39 is 0 Å². The minimum absolute atomic E-state index is 0. The molecule has 1 N–H and O–H groups in total. The van der Waals surface area contributed by atoms with Gasteiger partial charge in [-0.15, -0.1) is 0 Å². The van der Waals surface area contributed by atoms with Crippen LogP contribution in [0.4, 0.5) is 0 Å². The second-order valence-electron chi connectivity index (χ2n) is 9.67. The standard InChI is InChI=1S/C29H39NO3.H2/c1-20-21(2)27(20)17-23-13-15-24(16-14-23)18-31-19-26-11-8-12-28(32-26)33-29(22(3)30-4)25-9-6-5-7-10-25;/h5-7,9-10,13-16,21-22,26-30H,1,8,11-12,17-19H2,2-4H3;1H/t21-,22+,26?,27-,28?,29+;/m0./s1. The number of benzene rings is 2. The lowest BCUT2D eigenvalue weighted by Crippen LogP contribution is -2.38. The fourth-order valence-corrected chi connectivity index (χ4v) is 4.71. The van der Waals surface area contributed by atoms with Gasteiger partial charge in [-0.3, -0.25) is 0 Å². The molecular weight excluding hydrogens is 410 g/mol. The molecular formula is C29H41NO3.